The SMILES string of the molecule is CC.CCCN(CCO)C(=O)C(C)C. The zero-order valence-corrected chi connectivity index (χ0v) is 10.2. The van der Waals surface area contributed by atoms with Crippen molar-refractivity contribution in [1.29, 1.82) is 0 Å². The van der Waals surface area contributed by atoms with Gasteiger partial charge in [-0.3, -0.25) is 4.79 Å². The Morgan fingerprint density at radius 1 is 1.29 bits per heavy atom. The lowest BCUT2D eigenvalue weighted by Gasteiger charge is -2.22. The maximum atomic E-state index is 11.4. The Labute approximate surface area is 88.1 Å². The molecule has 14 heavy (non-hydrogen) atoms. The minimum Gasteiger partial charge on any atom is -0.395 e. The zero-order valence-electron chi connectivity index (χ0n) is 10.2. The van der Waals surface area contributed by atoms with Gasteiger partial charge in [-0.25, -0.2) is 0 Å². The molecule has 0 rings (SSSR count). The van der Waals surface area contributed by atoms with Gasteiger partial charge in [0.05, 0.1) is 6.61 Å². The van der Waals surface area contributed by atoms with E-state index in [0.717, 1.165) is 13.0 Å². The van der Waals surface area contributed by atoms with E-state index in [9.17, 15) is 4.79 Å². The summed E-state index contributed by atoms with van der Waals surface area (Å²) in [5.74, 6) is 0.161. The van der Waals surface area contributed by atoms with Crippen molar-refractivity contribution in [2.45, 2.75) is 41.0 Å². The van der Waals surface area contributed by atoms with Gasteiger partial charge in [-0.15, -0.1) is 0 Å². The molecule has 0 heterocycles. The number of aliphatic hydroxyl groups is 1. The summed E-state index contributed by atoms with van der Waals surface area (Å²) in [5, 5.41) is 8.70. The van der Waals surface area contributed by atoms with E-state index in [2.05, 4.69) is 0 Å². The van der Waals surface area contributed by atoms with Crippen molar-refractivity contribution in [1.82, 2.24) is 4.90 Å². The predicted molar refractivity (Wildman–Crippen MR) is 60.1 cm³/mol. The summed E-state index contributed by atoms with van der Waals surface area (Å²) >= 11 is 0. The fraction of sp³-hybridized carbons (Fsp3) is 0.909. The van der Waals surface area contributed by atoms with E-state index in [1.54, 1.807) is 4.90 Å². The van der Waals surface area contributed by atoms with Gasteiger partial charge in [0.25, 0.3) is 0 Å². The fourth-order valence-corrected chi connectivity index (χ4v) is 1.09. The van der Waals surface area contributed by atoms with Gasteiger partial charge in [0.15, 0.2) is 0 Å². The highest BCUT2D eigenvalue weighted by molar-refractivity contribution is 5.78. The number of carbonyl (C=O) groups excluding carboxylic acids is 1. The molecule has 1 N–H and O–H groups in total. The van der Waals surface area contributed by atoms with Crippen LogP contribution in [0.25, 0.3) is 0 Å². The van der Waals surface area contributed by atoms with Gasteiger partial charge in [-0.1, -0.05) is 34.6 Å². The molecule has 1 amide bonds. The minimum absolute atomic E-state index is 0.0306. The van der Waals surface area contributed by atoms with Crippen LogP contribution in [0.2, 0.25) is 0 Å². The van der Waals surface area contributed by atoms with E-state index in [-0.39, 0.29) is 18.4 Å². The lowest BCUT2D eigenvalue weighted by Crippen LogP contribution is -2.36. The van der Waals surface area contributed by atoms with Crippen LogP contribution in [0.3, 0.4) is 0 Å². The molecule has 0 aromatic rings. The van der Waals surface area contributed by atoms with Crippen molar-refractivity contribution in [2.24, 2.45) is 5.92 Å². The summed E-state index contributed by atoms with van der Waals surface area (Å²) in [6, 6.07) is 0. The molecule has 0 radical (unpaired) electrons. The molecule has 0 aromatic heterocycles. The molecule has 0 aliphatic heterocycles. The Morgan fingerprint density at radius 2 is 1.79 bits per heavy atom. The molecule has 3 heteroatoms. The maximum Gasteiger partial charge on any atom is 0.225 e. The van der Waals surface area contributed by atoms with Gasteiger partial charge in [0.1, 0.15) is 0 Å². The molecular formula is C11H25NO2. The quantitative estimate of drug-likeness (QED) is 0.741. The van der Waals surface area contributed by atoms with E-state index < -0.39 is 0 Å². The lowest BCUT2D eigenvalue weighted by molar-refractivity contribution is -0.135. The molecule has 0 fully saturated rings. The van der Waals surface area contributed by atoms with Crippen LogP contribution in [0.15, 0.2) is 0 Å². The van der Waals surface area contributed by atoms with Crippen LogP contribution in [0.4, 0.5) is 0 Å². The van der Waals surface area contributed by atoms with Crippen molar-refractivity contribution in [3.8, 4) is 0 Å². The first kappa shape index (κ1) is 15.9. The van der Waals surface area contributed by atoms with Crippen LogP contribution in [-0.2, 0) is 4.79 Å². The Morgan fingerprint density at radius 3 is 2.07 bits per heavy atom. The summed E-state index contributed by atoms with van der Waals surface area (Å²) in [6.45, 7) is 11.0. The highest BCUT2D eigenvalue weighted by Crippen LogP contribution is 2.01. The van der Waals surface area contributed by atoms with Crippen LogP contribution in [0.1, 0.15) is 41.0 Å². The molecule has 0 bridgehead atoms. The van der Waals surface area contributed by atoms with Gasteiger partial charge in [-0.05, 0) is 6.42 Å². The summed E-state index contributed by atoms with van der Waals surface area (Å²) in [5.41, 5.74) is 0. The number of hydrogen-bond acceptors (Lipinski definition) is 2. The van der Waals surface area contributed by atoms with Crippen molar-refractivity contribution in [3.63, 3.8) is 0 Å². The molecule has 3 nitrogen and oxygen atoms in total. The average Bonchev–Trinajstić information content (AvgIpc) is 2.19. The Bertz CT molecular complexity index is 129. The molecule has 0 saturated heterocycles. The predicted octanol–water partition coefficient (Wildman–Crippen LogP) is 1.90. The highest BCUT2D eigenvalue weighted by atomic mass is 16.3. The van der Waals surface area contributed by atoms with Crippen LogP contribution >= 0.6 is 0 Å². The molecule has 0 spiro atoms. The Kier molecular flexibility index (Phi) is 11.9. The first-order valence-corrected chi connectivity index (χ1v) is 5.53. The molecular weight excluding hydrogens is 178 g/mol. The van der Waals surface area contributed by atoms with Crippen molar-refractivity contribution >= 4 is 5.91 Å². The van der Waals surface area contributed by atoms with Gasteiger partial charge in [-0.2, -0.15) is 0 Å². The third-order valence-electron chi connectivity index (χ3n) is 1.67. The fourth-order valence-electron chi connectivity index (χ4n) is 1.09. The molecule has 0 aliphatic carbocycles. The molecule has 86 valence electrons. The maximum absolute atomic E-state index is 11.4. The van der Waals surface area contributed by atoms with Gasteiger partial charge >= 0.3 is 0 Å². The second-order valence-corrected chi connectivity index (χ2v) is 3.20. The lowest BCUT2D eigenvalue weighted by atomic mass is 10.2. The van der Waals surface area contributed by atoms with Gasteiger partial charge in [0.2, 0.25) is 5.91 Å². The third kappa shape index (κ3) is 6.89. The number of aliphatic hydroxyl groups excluding tert-OH is 1. The summed E-state index contributed by atoms with van der Waals surface area (Å²) in [6.07, 6.45) is 0.943. The third-order valence-corrected chi connectivity index (χ3v) is 1.67. The second kappa shape index (κ2) is 10.5. The average molecular weight is 203 g/mol. The molecule has 0 aromatic carbocycles. The van der Waals surface area contributed by atoms with Crippen molar-refractivity contribution < 1.29 is 9.90 Å². The highest BCUT2D eigenvalue weighted by Gasteiger charge is 2.14. The Hall–Kier alpha value is -0.570. The van der Waals surface area contributed by atoms with Gasteiger partial charge in [0, 0.05) is 19.0 Å². The van der Waals surface area contributed by atoms with Crippen molar-refractivity contribution in [2.75, 3.05) is 19.7 Å². The summed E-state index contributed by atoms with van der Waals surface area (Å²) in [7, 11) is 0. The molecule has 0 atom stereocenters. The van der Waals surface area contributed by atoms with E-state index in [0.29, 0.717) is 6.54 Å². The van der Waals surface area contributed by atoms with E-state index >= 15 is 0 Å². The van der Waals surface area contributed by atoms with E-state index in [4.69, 9.17) is 5.11 Å². The smallest absolute Gasteiger partial charge is 0.225 e. The second-order valence-electron chi connectivity index (χ2n) is 3.20. The first-order chi connectivity index (χ1) is 6.63. The first-order valence-electron chi connectivity index (χ1n) is 5.53. The zero-order chi connectivity index (χ0) is 11.6. The number of amides is 1. The number of rotatable bonds is 5. The minimum atomic E-state index is 0.0306. The number of hydrogen-bond donors (Lipinski definition) is 1. The van der Waals surface area contributed by atoms with Crippen LogP contribution in [0.5, 0.6) is 0 Å². The number of nitrogens with zero attached hydrogens (tertiary/aromatic N) is 1. The Balaban J connectivity index is 0. The van der Waals surface area contributed by atoms with Crippen LogP contribution < -0.4 is 0 Å². The van der Waals surface area contributed by atoms with Gasteiger partial charge < -0.3 is 10.0 Å². The van der Waals surface area contributed by atoms with E-state index in [1.165, 1.54) is 0 Å². The molecule has 0 saturated carbocycles. The summed E-state index contributed by atoms with van der Waals surface area (Å²) in [4.78, 5) is 13.2. The molecule has 0 aliphatic rings. The molecule has 0 unspecified atom stereocenters. The van der Waals surface area contributed by atoms with Crippen LogP contribution in [0, 0.1) is 5.92 Å². The summed E-state index contributed by atoms with van der Waals surface area (Å²) < 4.78 is 0. The van der Waals surface area contributed by atoms with Crippen LogP contribution in [-0.4, -0.2) is 35.6 Å². The number of carbonyl (C=O) groups is 1. The monoisotopic (exact) mass is 203 g/mol. The van der Waals surface area contributed by atoms with E-state index in [1.807, 2.05) is 34.6 Å². The standard InChI is InChI=1S/C9H19NO2.C2H6/c1-4-5-10(6-7-11)9(12)8(2)3;1-2/h8,11H,4-7H2,1-3H3;1-2H3. The van der Waals surface area contributed by atoms with Crippen molar-refractivity contribution in [3.05, 3.63) is 0 Å². The topological polar surface area (TPSA) is 40.5 Å². The largest absolute Gasteiger partial charge is 0.395 e. The normalized spacial score (nSPS) is 9.36.